The quantitative estimate of drug-likeness (QED) is 0.224. The molecule has 3 nitrogen and oxygen atoms in total. The van der Waals surface area contributed by atoms with Crippen LogP contribution < -0.4 is 4.90 Å². The fourth-order valence-corrected chi connectivity index (χ4v) is 5.88. The van der Waals surface area contributed by atoms with Gasteiger partial charge in [-0.2, -0.15) is 0 Å². The molecule has 0 bridgehead atoms. The maximum absolute atomic E-state index is 6.35. The Morgan fingerprint density at radius 1 is 0.450 bits per heavy atom. The summed E-state index contributed by atoms with van der Waals surface area (Å²) in [5, 5.41) is 5.03. The molecular formula is C36H22ClNO2. The lowest BCUT2D eigenvalue weighted by molar-refractivity contribution is 0.668. The molecule has 2 heterocycles. The first-order valence-electron chi connectivity index (χ1n) is 13.2. The predicted molar refractivity (Wildman–Crippen MR) is 166 cm³/mol. The van der Waals surface area contributed by atoms with E-state index in [4.69, 9.17) is 20.4 Å². The van der Waals surface area contributed by atoms with E-state index in [9.17, 15) is 0 Å². The van der Waals surface area contributed by atoms with Gasteiger partial charge >= 0.3 is 0 Å². The Kier molecular flexibility index (Phi) is 5.19. The van der Waals surface area contributed by atoms with Gasteiger partial charge in [0.25, 0.3) is 0 Å². The van der Waals surface area contributed by atoms with E-state index >= 15 is 0 Å². The number of furan rings is 2. The van der Waals surface area contributed by atoms with Crippen LogP contribution in [0.1, 0.15) is 0 Å². The average molecular weight is 536 g/mol. The normalized spacial score (nSPS) is 11.6. The Hall–Kier alpha value is -4.99. The van der Waals surface area contributed by atoms with Gasteiger partial charge in [0, 0.05) is 49.7 Å². The van der Waals surface area contributed by atoms with E-state index in [-0.39, 0.29) is 0 Å². The van der Waals surface area contributed by atoms with Crippen LogP contribution in [0.2, 0.25) is 5.02 Å². The summed E-state index contributed by atoms with van der Waals surface area (Å²) in [5.41, 5.74) is 8.83. The first-order valence-corrected chi connectivity index (χ1v) is 13.6. The van der Waals surface area contributed by atoms with E-state index in [1.807, 2.05) is 54.6 Å². The molecule has 0 N–H and O–H groups in total. The molecular weight excluding hydrogens is 514 g/mol. The van der Waals surface area contributed by atoms with Crippen molar-refractivity contribution in [3.8, 4) is 11.1 Å². The highest BCUT2D eigenvalue weighted by atomic mass is 35.5. The SMILES string of the molecule is Clc1ccc2oc3cccc(-c4ccc(N(c5ccccc5)c5ccc6c(c5)oc5ccccc56)cc4)c3c2c1. The summed E-state index contributed by atoms with van der Waals surface area (Å²) in [6.45, 7) is 0. The molecule has 0 aliphatic heterocycles. The third kappa shape index (κ3) is 3.67. The molecule has 0 fully saturated rings. The minimum absolute atomic E-state index is 0.695. The molecule has 0 atom stereocenters. The van der Waals surface area contributed by atoms with Crippen molar-refractivity contribution in [3.05, 3.63) is 138 Å². The standard InChI is InChI=1S/C36H22ClNO2/c37-24-15-20-33-31(21-24)36-28(10-6-12-34(36)39-33)23-13-16-26(17-14-23)38(25-7-2-1-3-8-25)27-18-19-30-29-9-4-5-11-32(29)40-35(30)22-27/h1-22H. The number of nitrogens with zero attached hydrogens (tertiary/aromatic N) is 1. The summed E-state index contributed by atoms with van der Waals surface area (Å²) in [5.74, 6) is 0. The number of rotatable bonds is 4. The second-order valence-electron chi connectivity index (χ2n) is 9.92. The molecule has 190 valence electrons. The zero-order valence-corrected chi connectivity index (χ0v) is 22.1. The highest BCUT2D eigenvalue weighted by Gasteiger charge is 2.17. The fraction of sp³-hybridized carbons (Fsp3) is 0. The average Bonchev–Trinajstić information content (AvgIpc) is 3.56. The van der Waals surface area contributed by atoms with E-state index in [1.165, 1.54) is 0 Å². The molecule has 0 aliphatic carbocycles. The molecule has 40 heavy (non-hydrogen) atoms. The molecule has 0 spiro atoms. The number of benzene rings is 6. The van der Waals surface area contributed by atoms with Crippen molar-refractivity contribution in [3.63, 3.8) is 0 Å². The molecule has 6 aromatic carbocycles. The largest absolute Gasteiger partial charge is 0.456 e. The van der Waals surface area contributed by atoms with Crippen LogP contribution >= 0.6 is 11.6 Å². The lowest BCUT2D eigenvalue weighted by Gasteiger charge is -2.25. The molecule has 2 aromatic heterocycles. The monoisotopic (exact) mass is 535 g/mol. The summed E-state index contributed by atoms with van der Waals surface area (Å²) in [7, 11) is 0. The first-order chi connectivity index (χ1) is 19.7. The highest BCUT2D eigenvalue weighted by Crippen LogP contribution is 2.41. The van der Waals surface area contributed by atoms with Gasteiger partial charge in [0.2, 0.25) is 0 Å². The van der Waals surface area contributed by atoms with Crippen LogP contribution in [-0.4, -0.2) is 0 Å². The number of hydrogen-bond acceptors (Lipinski definition) is 3. The Morgan fingerprint density at radius 3 is 2.00 bits per heavy atom. The molecule has 0 saturated heterocycles. The molecule has 0 aliphatic rings. The van der Waals surface area contributed by atoms with Gasteiger partial charge in [0.15, 0.2) is 0 Å². The van der Waals surface area contributed by atoms with E-state index in [2.05, 4.69) is 83.8 Å². The molecule has 0 saturated carbocycles. The summed E-state index contributed by atoms with van der Waals surface area (Å²) >= 11 is 6.35. The van der Waals surface area contributed by atoms with Gasteiger partial charge in [-0.05, 0) is 77.9 Å². The fourth-order valence-electron chi connectivity index (χ4n) is 5.71. The summed E-state index contributed by atoms with van der Waals surface area (Å²) in [6, 6.07) is 45.6. The van der Waals surface area contributed by atoms with Crippen LogP contribution in [0.4, 0.5) is 17.1 Å². The van der Waals surface area contributed by atoms with Gasteiger partial charge in [-0.3, -0.25) is 0 Å². The zero-order chi connectivity index (χ0) is 26.6. The number of halogens is 1. The molecule has 0 radical (unpaired) electrons. The number of fused-ring (bicyclic) bond motifs is 6. The summed E-state index contributed by atoms with van der Waals surface area (Å²) in [6.07, 6.45) is 0. The van der Waals surface area contributed by atoms with Crippen LogP contribution in [-0.2, 0) is 0 Å². The predicted octanol–water partition coefficient (Wildman–Crippen LogP) is 11.3. The zero-order valence-electron chi connectivity index (χ0n) is 21.3. The molecule has 0 unspecified atom stereocenters. The third-order valence-corrected chi connectivity index (χ3v) is 7.76. The lowest BCUT2D eigenvalue weighted by atomic mass is 9.99. The summed E-state index contributed by atoms with van der Waals surface area (Å²) in [4.78, 5) is 2.25. The van der Waals surface area contributed by atoms with Gasteiger partial charge in [0.05, 0.1) is 0 Å². The van der Waals surface area contributed by atoms with Crippen molar-refractivity contribution >= 4 is 72.5 Å². The first kappa shape index (κ1) is 22.9. The Balaban J connectivity index is 1.26. The van der Waals surface area contributed by atoms with Gasteiger partial charge in [-0.15, -0.1) is 0 Å². The van der Waals surface area contributed by atoms with Gasteiger partial charge < -0.3 is 13.7 Å². The van der Waals surface area contributed by atoms with Crippen LogP contribution in [0.25, 0.3) is 55.0 Å². The van der Waals surface area contributed by atoms with Crippen LogP contribution in [0.5, 0.6) is 0 Å². The second kappa shape index (κ2) is 9.04. The number of para-hydroxylation sites is 2. The van der Waals surface area contributed by atoms with Crippen molar-refractivity contribution in [1.29, 1.82) is 0 Å². The maximum Gasteiger partial charge on any atom is 0.137 e. The van der Waals surface area contributed by atoms with E-state index in [0.29, 0.717) is 5.02 Å². The number of anilines is 3. The van der Waals surface area contributed by atoms with Crippen LogP contribution in [0.15, 0.2) is 142 Å². The molecule has 4 heteroatoms. The summed E-state index contributed by atoms with van der Waals surface area (Å²) < 4.78 is 12.4. The van der Waals surface area contributed by atoms with Gasteiger partial charge in [-0.25, -0.2) is 0 Å². The minimum Gasteiger partial charge on any atom is -0.456 e. The van der Waals surface area contributed by atoms with Crippen molar-refractivity contribution in [2.45, 2.75) is 0 Å². The Bertz CT molecular complexity index is 2180. The third-order valence-electron chi connectivity index (χ3n) is 7.53. The molecule has 0 amide bonds. The Labute approximate surface area is 235 Å². The Morgan fingerprint density at radius 2 is 1.12 bits per heavy atom. The van der Waals surface area contributed by atoms with Crippen molar-refractivity contribution in [1.82, 2.24) is 0 Å². The smallest absolute Gasteiger partial charge is 0.137 e. The van der Waals surface area contributed by atoms with E-state index < -0.39 is 0 Å². The minimum atomic E-state index is 0.695. The van der Waals surface area contributed by atoms with E-state index in [0.717, 1.165) is 72.1 Å². The van der Waals surface area contributed by atoms with Crippen molar-refractivity contribution in [2.24, 2.45) is 0 Å². The highest BCUT2D eigenvalue weighted by molar-refractivity contribution is 6.32. The lowest BCUT2D eigenvalue weighted by Crippen LogP contribution is -2.09. The van der Waals surface area contributed by atoms with Crippen LogP contribution in [0.3, 0.4) is 0 Å². The van der Waals surface area contributed by atoms with Gasteiger partial charge in [-0.1, -0.05) is 72.3 Å². The van der Waals surface area contributed by atoms with Crippen molar-refractivity contribution in [2.75, 3.05) is 4.90 Å². The molecule has 8 rings (SSSR count). The number of hydrogen-bond donors (Lipinski definition) is 0. The van der Waals surface area contributed by atoms with Gasteiger partial charge in [0.1, 0.15) is 22.3 Å². The molecule has 8 aromatic rings. The van der Waals surface area contributed by atoms with Crippen LogP contribution in [0, 0.1) is 0 Å². The van der Waals surface area contributed by atoms with Crippen molar-refractivity contribution < 1.29 is 8.83 Å². The maximum atomic E-state index is 6.35. The second-order valence-corrected chi connectivity index (χ2v) is 10.4. The topological polar surface area (TPSA) is 29.5 Å². The van der Waals surface area contributed by atoms with E-state index in [1.54, 1.807) is 0 Å².